The zero-order valence-electron chi connectivity index (χ0n) is 17.2. The molecule has 7 heteroatoms. The predicted molar refractivity (Wildman–Crippen MR) is 118 cm³/mol. The molecular formula is C24H25FN2O3S. The van der Waals surface area contributed by atoms with Crippen LogP contribution in [0.4, 0.5) is 4.39 Å². The molecule has 5 nitrogen and oxygen atoms in total. The molecule has 1 aliphatic rings. The molecule has 4 rings (SSSR count). The summed E-state index contributed by atoms with van der Waals surface area (Å²) in [7, 11) is 0. The third-order valence-corrected chi connectivity index (χ3v) is 6.01. The van der Waals surface area contributed by atoms with Gasteiger partial charge in [-0.15, -0.1) is 11.3 Å². The van der Waals surface area contributed by atoms with Crippen LogP contribution in [-0.4, -0.2) is 41.7 Å². The SMILES string of the molecule is O=C(c1cncs1)N(Cc1cccc(OCCc2ccccc2F)c1)C[C@H]1CCCO1. The van der Waals surface area contributed by atoms with Crippen LogP contribution >= 0.6 is 11.3 Å². The summed E-state index contributed by atoms with van der Waals surface area (Å²) in [5.74, 6) is 0.450. The van der Waals surface area contributed by atoms with Gasteiger partial charge in [-0.3, -0.25) is 9.78 Å². The third-order valence-electron chi connectivity index (χ3n) is 5.25. The van der Waals surface area contributed by atoms with Gasteiger partial charge in [0.1, 0.15) is 16.4 Å². The van der Waals surface area contributed by atoms with E-state index >= 15 is 0 Å². The molecule has 0 spiro atoms. The van der Waals surface area contributed by atoms with Crippen LogP contribution in [0.5, 0.6) is 5.75 Å². The van der Waals surface area contributed by atoms with Gasteiger partial charge in [0, 0.05) is 26.1 Å². The molecule has 162 valence electrons. The van der Waals surface area contributed by atoms with Gasteiger partial charge in [-0.25, -0.2) is 4.39 Å². The van der Waals surface area contributed by atoms with Crippen molar-refractivity contribution in [1.82, 2.24) is 9.88 Å². The highest BCUT2D eigenvalue weighted by molar-refractivity contribution is 7.11. The highest BCUT2D eigenvalue weighted by Gasteiger charge is 2.24. The molecule has 1 saturated heterocycles. The number of aromatic nitrogens is 1. The van der Waals surface area contributed by atoms with Gasteiger partial charge in [0.15, 0.2) is 0 Å². The minimum absolute atomic E-state index is 0.0381. The van der Waals surface area contributed by atoms with Crippen molar-refractivity contribution in [2.24, 2.45) is 0 Å². The lowest BCUT2D eigenvalue weighted by Gasteiger charge is -2.25. The topological polar surface area (TPSA) is 51.7 Å². The van der Waals surface area contributed by atoms with Crippen molar-refractivity contribution in [1.29, 1.82) is 0 Å². The van der Waals surface area contributed by atoms with E-state index in [1.54, 1.807) is 23.8 Å². The second-order valence-electron chi connectivity index (χ2n) is 7.52. The third kappa shape index (κ3) is 5.89. The normalized spacial score (nSPS) is 15.7. The number of halogens is 1. The van der Waals surface area contributed by atoms with Crippen molar-refractivity contribution >= 4 is 17.2 Å². The number of nitrogens with zero attached hydrogens (tertiary/aromatic N) is 2. The average molecular weight is 441 g/mol. The van der Waals surface area contributed by atoms with Crippen LogP contribution in [0.25, 0.3) is 0 Å². The summed E-state index contributed by atoms with van der Waals surface area (Å²) in [5.41, 5.74) is 3.28. The maximum atomic E-state index is 13.8. The fourth-order valence-electron chi connectivity index (χ4n) is 3.66. The standard InChI is InChI=1S/C24H25FN2O3S/c25-22-9-2-1-6-19(22)10-12-30-20-7-3-5-18(13-20)15-27(16-21-8-4-11-29-21)24(28)23-14-26-17-31-23/h1-3,5-7,9,13-14,17,21H,4,8,10-12,15-16H2/t21-/m1/s1. The molecule has 0 N–H and O–H groups in total. The summed E-state index contributed by atoms with van der Waals surface area (Å²) >= 11 is 1.34. The van der Waals surface area contributed by atoms with E-state index in [1.165, 1.54) is 17.4 Å². The Morgan fingerprint density at radius 1 is 1.26 bits per heavy atom. The largest absolute Gasteiger partial charge is 0.493 e. The van der Waals surface area contributed by atoms with E-state index in [1.807, 2.05) is 35.2 Å². The van der Waals surface area contributed by atoms with Crippen LogP contribution in [0.3, 0.4) is 0 Å². The first-order chi connectivity index (χ1) is 15.2. The van der Waals surface area contributed by atoms with Crippen molar-refractivity contribution in [2.75, 3.05) is 19.8 Å². The van der Waals surface area contributed by atoms with E-state index in [0.29, 0.717) is 42.3 Å². The zero-order chi connectivity index (χ0) is 21.5. The van der Waals surface area contributed by atoms with E-state index in [4.69, 9.17) is 9.47 Å². The van der Waals surface area contributed by atoms with Gasteiger partial charge < -0.3 is 14.4 Å². The van der Waals surface area contributed by atoms with Crippen LogP contribution in [0.15, 0.2) is 60.2 Å². The molecule has 3 aromatic rings. The number of carbonyl (C=O) groups is 1. The molecule has 1 aromatic heterocycles. The molecule has 1 fully saturated rings. The Bertz CT molecular complexity index is 990. The molecule has 1 atom stereocenters. The summed E-state index contributed by atoms with van der Waals surface area (Å²) < 4.78 is 25.4. The van der Waals surface area contributed by atoms with Crippen molar-refractivity contribution in [3.05, 3.63) is 82.1 Å². The number of ether oxygens (including phenoxy) is 2. The first-order valence-corrected chi connectivity index (χ1v) is 11.3. The second kappa shape index (κ2) is 10.5. The molecule has 0 saturated carbocycles. The van der Waals surface area contributed by atoms with Gasteiger partial charge in [0.25, 0.3) is 5.91 Å². The Hall–Kier alpha value is -2.77. The van der Waals surface area contributed by atoms with Crippen LogP contribution in [-0.2, 0) is 17.7 Å². The number of amides is 1. The summed E-state index contributed by atoms with van der Waals surface area (Å²) in [6.45, 7) is 2.14. The minimum atomic E-state index is -0.216. The number of rotatable bonds is 9. The smallest absolute Gasteiger partial charge is 0.265 e. The minimum Gasteiger partial charge on any atom is -0.493 e. The first-order valence-electron chi connectivity index (χ1n) is 10.4. The fraction of sp³-hybridized carbons (Fsp3) is 0.333. The Balaban J connectivity index is 1.40. The number of carbonyl (C=O) groups excluding carboxylic acids is 1. The molecule has 2 aromatic carbocycles. The van der Waals surface area contributed by atoms with Gasteiger partial charge in [-0.1, -0.05) is 30.3 Å². The van der Waals surface area contributed by atoms with Crippen molar-refractivity contribution in [3.8, 4) is 5.75 Å². The Kier molecular flexibility index (Phi) is 7.27. The average Bonchev–Trinajstić information content (AvgIpc) is 3.49. The van der Waals surface area contributed by atoms with Crippen LogP contribution in [0, 0.1) is 5.82 Å². The Morgan fingerprint density at radius 3 is 2.94 bits per heavy atom. The first kappa shape index (κ1) is 21.5. The van der Waals surface area contributed by atoms with E-state index in [-0.39, 0.29) is 17.8 Å². The van der Waals surface area contributed by atoms with E-state index in [9.17, 15) is 9.18 Å². The summed E-state index contributed by atoms with van der Waals surface area (Å²) in [5, 5.41) is 0. The van der Waals surface area contributed by atoms with Crippen molar-refractivity contribution in [3.63, 3.8) is 0 Å². The van der Waals surface area contributed by atoms with Gasteiger partial charge in [-0.05, 0) is 42.2 Å². The molecule has 1 amide bonds. The maximum Gasteiger partial charge on any atom is 0.265 e. The molecular weight excluding hydrogens is 415 g/mol. The monoisotopic (exact) mass is 440 g/mol. The second-order valence-corrected chi connectivity index (χ2v) is 8.41. The maximum absolute atomic E-state index is 13.8. The van der Waals surface area contributed by atoms with Gasteiger partial charge in [0.2, 0.25) is 0 Å². The summed E-state index contributed by atoms with van der Waals surface area (Å²) in [6.07, 6.45) is 4.16. The van der Waals surface area contributed by atoms with Gasteiger partial charge in [-0.2, -0.15) is 0 Å². The summed E-state index contributed by atoms with van der Waals surface area (Å²) in [6, 6.07) is 14.4. The van der Waals surface area contributed by atoms with E-state index < -0.39 is 0 Å². The molecule has 0 unspecified atom stereocenters. The molecule has 0 radical (unpaired) electrons. The quantitative estimate of drug-likeness (QED) is 0.483. The van der Waals surface area contributed by atoms with E-state index in [2.05, 4.69) is 4.98 Å². The summed E-state index contributed by atoms with van der Waals surface area (Å²) in [4.78, 5) is 19.5. The van der Waals surface area contributed by atoms with Crippen molar-refractivity contribution in [2.45, 2.75) is 31.9 Å². The highest BCUT2D eigenvalue weighted by Crippen LogP contribution is 2.21. The van der Waals surface area contributed by atoms with Crippen LogP contribution in [0.2, 0.25) is 0 Å². The molecule has 2 heterocycles. The fourth-order valence-corrected chi connectivity index (χ4v) is 4.25. The molecule has 0 bridgehead atoms. The molecule has 0 aliphatic carbocycles. The lowest BCUT2D eigenvalue weighted by molar-refractivity contribution is 0.0510. The van der Waals surface area contributed by atoms with Gasteiger partial charge in [0.05, 0.1) is 24.4 Å². The lowest BCUT2D eigenvalue weighted by atomic mass is 10.1. The number of thiazole rings is 1. The van der Waals surface area contributed by atoms with E-state index in [0.717, 1.165) is 25.0 Å². The molecule has 31 heavy (non-hydrogen) atoms. The molecule has 1 aliphatic heterocycles. The lowest BCUT2D eigenvalue weighted by Crippen LogP contribution is -2.36. The van der Waals surface area contributed by atoms with Crippen LogP contribution in [0.1, 0.15) is 33.6 Å². The van der Waals surface area contributed by atoms with Crippen LogP contribution < -0.4 is 4.74 Å². The Labute approximate surface area is 185 Å². The zero-order valence-corrected chi connectivity index (χ0v) is 18.0. The number of benzene rings is 2. The number of hydrogen-bond acceptors (Lipinski definition) is 5. The predicted octanol–water partition coefficient (Wildman–Crippen LogP) is 4.73. The number of hydrogen-bond donors (Lipinski definition) is 0. The highest BCUT2D eigenvalue weighted by atomic mass is 32.1. The van der Waals surface area contributed by atoms with Gasteiger partial charge >= 0.3 is 0 Å². The van der Waals surface area contributed by atoms with Crippen molar-refractivity contribution < 1.29 is 18.7 Å². The Morgan fingerprint density at radius 2 is 2.16 bits per heavy atom.